The molecule has 4 heteroatoms. The van der Waals surface area contributed by atoms with E-state index in [1.54, 1.807) is 6.92 Å². The van der Waals surface area contributed by atoms with Crippen molar-refractivity contribution in [2.75, 3.05) is 0 Å². The zero-order chi connectivity index (χ0) is 16.9. The lowest BCUT2D eigenvalue weighted by atomic mass is 9.77. The summed E-state index contributed by atoms with van der Waals surface area (Å²) in [5, 5.41) is 9.94. The van der Waals surface area contributed by atoms with Gasteiger partial charge in [-0.2, -0.15) is 0 Å². The number of ether oxygens (including phenoxy) is 1. The molecule has 1 saturated carbocycles. The number of rotatable bonds is 6. The summed E-state index contributed by atoms with van der Waals surface area (Å²) in [6, 6.07) is 9.50. The average molecular weight is 318 g/mol. The molecule has 2 rings (SSSR count). The second-order valence-electron chi connectivity index (χ2n) is 6.94. The highest BCUT2D eigenvalue weighted by molar-refractivity contribution is 5.86. The normalized spacial score (nSPS) is 25.6. The summed E-state index contributed by atoms with van der Waals surface area (Å²) in [6.07, 6.45) is 2.93. The van der Waals surface area contributed by atoms with E-state index in [-0.39, 0.29) is 30.7 Å². The van der Waals surface area contributed by atoms with Crippen molar-refractivity contribution in [1.29, 1.82) is 0 Å². The van der Waals surface area contributed by atoms with Gasteiger partial charge >= 0.3 is 5.97 Å². The molecule has 1 atom stereocenters. The van der Waals surface area contributed by atoms with Crippen LogP contribution >= 0.6 is 0 Å². The fraction of sp³-hybridized carbons (Fsp3) is 0.579. The quantitative estimate of drug-likeness (QED) is 0.818. The molecule has 0 unspecified atom stereocenters. The van der Waals surface area contributed by atoms with E-state index in [1.165, 1.54) is 0 Å². The number of hydrogen-bond donors (Lipinski definition) is 1. The fourth-order valence-corrected chi connectivity index (χ4v) is 2.98. The molecule has 4 nitrogen and oxygen atoms in total. The molecule has 23 heavy (non-hydrogen) atoms. The van der Waals surface area contributed by atoms with E-state index in [2.05, 4.69) is 0 Å². The summed E-state index contributed by atoms with van der Waals surface area (Å²) in [6.45, 7) is 3.80. The van der Waals surface area contributed by atoms with Gasteiger partial charge in [-0.1, -0.05) is 37.3 Å². The van der Waals surface area contributed by atoms with Crippen molar-refractivity contribution in [3.63, 3.8) is 0 Å². The van der Waals surface area contributed by atoms with Crippen molar-refractivity contribution in [2.45, 2.75) is 58.2 Å². The predicted molar refractivity (Wildman–Crippen MR) is 87.6 cm³/mol. The predicted octanol–water partition coefficient (Wildman–Crippen LogP) is 3.27. The van der Waals surface area contributed by atoms with Crippen molar-refractivity contribution < 1.29 is 19.4 Å². The van der Waals surface area contributed by atoms with E-state index >= 15 is 0 Å². The van der Waals surface area contributed by atoms with Crippen molar-refractivity contribution in [3.05, 3.63) is 35.9 Å². The molecule has 1 fully saturated rings. The van der Waals surface area contributed by atoms with Crippen LogP contribution in [0.15, 0.2) is 30.3 Å². The Kier molecular flexibility index (Phi) is 5.94. The molecule has 1 aromatic carbocycles. The van der Waals surface area contributed by atoms with Crippen molar-refractivity contribution in [1.82, 2.24) is 0 Å². The minimum absolute atomic E-state index is 0.0281. The molecule has 1 aliphatic rings. The molecule has 1 aromatic rings. The third kappa shape index (κ3) is 5.47. The average Bonchev–Trinajstić information content (AvgIpc) is 2.53. The minimum Gasteiger partial charge on any atom is -0.461 e. The highest BCUT2D eigenvalue weighted by atomic mass is 16.5. The largest absolute Gasteiger partial charge is 0.461 e. The Morgan fingerprint density at radius 1 is 1.26 bits per heavy atom. The standard InChI is InChI=1S/C19H26O4/c1-14(18(21)23-13-15-6-4-3-5-7-15)12-17(20)16-8-10-19(2,22)11-9-16/h3-7,14,16,22H,8-13H2,1-2H3/t14-,16?,19?/m0/s1. The Hall–Kier alpha value is -1.68. The van der Waals surface area contributed by atoms with E-state index in [0.717, 1.165) is 5.56 Å². The van der Waals surface area contributed by atoms with Gasteiger partial charge in [-0.05, 0) is 38.2 Å². The Morgan fingerprint density at radius 3 is 2.48 bits per heavy atom. The lowest BCUT2D eigenvalue weighted by Gasteiger charge is -2.32. The van der Waals surface area contributed by atoms with Crippen LogP contribution in [0.2, 0.25) is 0 Å². The summed E-state index contributed by atoms with van der Waals surface area (Å²) < 4.78 is 5.28. The van der Waals surface area contributed by atoms with Crippen LogP contribution in [-0.2, 0) is 20.9 Å². The van der Waals surface area contributed by atoms with E-state index in [4.69, 9.17) is 4.74 Å². The Bertz CT molecular complexity index is 526. The van der Waals surface area contributed by atoms with Crippen LogP contribution in [0.4, 0.5) is 0 Å². The van der Waals surface area contributed by atoms with Crippen LogP contribution in [-0.4, -0.2) is 22.5 Å². The molecule has 0 aliphatic heterocycles. The number of ketones is 1. The maximum Gasteiger partial charge on any atom is 0.309 e. The van der Waals surface area contributed by atoms with Gasteiger partial charge in [-0.25, -0.2) is 0 Å². The molecule has 0 bridgehead atoms. The van der Waals surface area contributed by atoms with Crippen LogP contribution in [0.5, 0.6) is 0 Å². The molecular weight excluding hydrogens is 292 g/mol. The zero-order valence-electron chi connectivity index (χ0n) is 14.0. The highest BCUT2D eigenvalue weighted by Crippen LogP contribution is 2.33. The van der Waals surface area contributed by atoms with Crippen LogP contribution in [0.25, 0.3) is 0 Å². The lowest BCUT2D eigenvalue weighted by Crippen LogP contribution is -2.34. The molecular formula is C19H26O4. The van der Waals surface area contributed by atoms with Gasteiger partial charge < -0.3 is 9.84 Å². The molecule has 0 spiro atoms. The first-order valence-corrected chi connectivity index (χ1v) is 8.33. The van der Waals surface area contributed by atoms with Crippen molar-refractivity contribution in [3.8, 4) is 0 Å². The Morgan fingerprint density at radius 2 is 1.87 bits per heavy atom. The number of aliphatic hydroxyl groups is 1. The summed E-state index contributed by atoms with van der Waals surface area (Å²) in [5.74, 6) is -0.664. The second-order valence-corrected chi connectivity index (χ2v) is 6.94. The zero-order valence-corrected chi connectivity index (χ0v) is 14.0. The van der Waals surface area contributed by atoms with Gasteiger partial charge in [0, 0.05) is 12.3 Å². The van der Waals surface area contributed by atoms with Crippen LogP contribution < -0.4 is 0 Å². The van der Waals surface area contributed by atoms with Crippen molar-refractivity contribution in [2.24, 2.45) is 11.8 Å². The summed E-state index contributed by atoms with van der Waals surface area (Å²) in [7, 11) is 0. The van der Waals surface area contributed by atoms with E-state index in [9.17, 15) is 14.7 Å². The minimum atomic E-state index is -0.642. The third-order valence-corrected chi connectivity index (χ3v) is 4.65. The number of carbonyl (C=O) groups is 2. The van der Waals surface area contributed by atoms with Crippen LogP contribution in [0.1, 0.15) is 51.5 Å². The Balaban J connectivity index is 1.76. The highest BCUT2D eigenvalue weighted by Gasteiger charge is 2.33. The van der Waals surface area contributed by atoms with Crippen LogP contribution in [0.3, 0.4) is 0 Å². The summed E-state index contributed by atoms with van der Waals surface area (Å²) >= 11 is 0. The van der Waals surface area contributed by atoms with Gasteiger partial charge in [-0.3, -0.25) is 9.59 Å². The molecule has 0 amide bonds. The molecule has 1 N–H and O–H groups in total. The number of esters is 1. The first kappa shape index (κ1) is 17.7. The van der Waals surface area contributed by atoms with Gasteiger partial charge in [0.05, 0.1) is 11.5 Å². The molecule has 0 radical (unpaired) electrons. The number of Topliss-reactive ketones (excluding diaryl/α,β-unsaturated/α-hetero) is 1. The molecule has 0 saturated heterocycles. The molecule has 0 heterocycles. The number of hydrogen-bond acceptors (Lipinski definition) is 4. The molecule has 1 aliphatic carbocycles. The first-order valence-electron chi connectivity index (χ1n) is 8.33. The second kappa shape index (κ2) is 7.73. The van der Waals surface area contributed by atoms with Gasteiger partial charge in [0.2, 0.25) is 0 Å². The fourth-order valence-electron chi connectivity index (χ4n) is 2.98. The monoisotopic (exact) mass is 318 g/mol. The van der Waals surface area contributed by atoms with Gasteiger partial charge in [0.15, 0.2) is 0 Å². The maximum absolute atomic E-state index is 12.3. The van der Waals surface area contributed by atoms with Gasteiger partial charge in [0.25, 0.3) is 0 Å². The Labute approximate surface area is 137 Å². The SMILES string of the molecule is C[C@@H](CC(=O)C1CCC(C)(O)CC1)C(=O)OCc1ccccc1. The number of benzene rings is 1. The first-order chi connectivity index (χ1) is 10.9. The molecule has 0 aromatic heterocycles. The molecule has 126 valence electrons. The van der Waals surface area contributed by atoms with Crippen molar-refractivity contribution >= 4 is 11.8 Å². The third-order valence-electron chi connectivity index (χ3n) is 4.65. The van der Waals surface area contributed by atoms with E-state index < -0.39 is 11.5 Å². The lowest BCUT2D eigenvalue weighted by molar-refractivity contribution is -0.151. The van der Waals surface area contributed by atoms with Gasteiger partial charge in [-0.15, -0.1) is 0 Å². The van der Waals surface area contributed by atoms with E-state index in [0.29, 0.717) is 25.7 Å². The number of carbonyl (C=O) groups excluding carboxylic acids is 2. The summed E-state index contributed by atoms with van der Waals surface area (Å²) in [5.41, 5.74) is 0.297. The topological polar surface area (TPSA) is 63.6 Å². The summed E-state index contributed by atoms with van der Waals surface area (Å²) in [4.78, 5) is 24.3. The van der Waals surface area contributed by atoms with E-state index in [1.807, 2.05) is 37.3 Å². The smallest absolute Gasteiger partial charge is 0.309 e. The maximum atomic E-state index is 12.3. The van der Waals surface area contributed by atoms with Crippen LogP contribution in [0, 0.1) is 11.8 Å². The van der Waals surface area contributed by atoms with Gasteiger partial charge in [0.1, 0.15) is 12.4 Å².